The SMILES string of the molecule is O=C1C(Cl)C(c2ccccc2)N1c1ccc2c(c1)Oc1c(Cl)c3c(c(Cl)c1=N2)Oc1cc(N2C(=O)C(Cl)C2c2ccccc2)ccc1N=3. The van der Waals surface area contributed by atoms with Crippen LogP contribution in [0.5, 0.6) is 23.0 Å². The van der Waals surface area contributed by atoms with Gasteiger partial charge in [-0.1, -0.05) is 83.9 Å². The molecule has 0 aromatic heterocycles. The van der Waals surface area contributed by atoms with E-state index in [9.17, 15) is 9.59 Å². The lowest BCUT2D eigenvalue weighted by atomic mass is 9.92. The summed E-state index contributed by atoms with van der Waals surface area (Å²) in [5, 5.41) is -0.466. The van der Waals surface area contributed by atoms with Gasteiger partial charge in [0, 0.05) is 23.5 Å². The number of fused-ring (bicyclic) bond motifs is 4. The largest absolute Gasteiger partial charge is 0.451 e. The summed E-state index contributed by atoms with van der Waals surface area (Å²) in [6.07, 6.45) is 0. The number of alkyl halides is 2. The summed E-state index contributed by atoms with van der Waals surface area (Å²) in [4.78, 5) is 38.6. The third-order valence-electron chi connectivity index (χ3n) is 8.92. The van der Waals surface area contributed by atoms with Crippen molar-refractivity contribution in [1.29, 1.82) is 0 Å². The average Bonchev–Trinajstić information content (AvgIpc) is 3.13. The van der Waals surface area contributed by atoms with Crippen LogP contribution in [-0.2, 0) is 9.59 Å². The number of halogens is 4. The summed E-state index contributed by atoms with van der Waals surface area (Å²) in [5.41, 5.74) is 4.05. The first-order valence-corrected chi connectivity index (χ1v) is 16.6. The average molecular weight is 714 g/mol. The summed E-state index contributed by atoms with van der Waals surface area (Å²) in [5.74, 6) is 0.801. The zero-order chi connectivity index (χ0) is 32.8. The van der Waals surface area contributed by atoms with Crippen molar-refractivity contribution in [2.75, 3.05) is 9.80 Å². The van der Waals surface area contributed by atoms with Gasteiger partial charge in [0.05, 0.1) is 12.1 Å². The minimum absolute atomic E-state index is 0.161. The van der Waals surface area contributed by atoms with Gasteiger partial charge < -0.3 is 19.3 Å². The van der Waals surface area contributed by atoms with Crippen molar-refractivity contribution in [3.63, 3.8) is 0 Å². The van der Waals surface area contributed by atoms with E-state index in [-0.39, 0.29) is 56.2 Å². The smallest absolute Gasteiger partial charge is 0.248 e. The molecule has 8 nitrogen and oxygen atoms in total. The minimum atomic E-state index is -0.677. The molecule has 2 fully saturated rings. The molecule has 4 aliphatic rings. The molecule has 236 valence electrons. The number of ether oxygens (including phenoxy) is 2. The fraction of sp³-hybridized carbons (Fsp3) is 0.111. The van der Waals surface area contributed by atoms with Gasteiger partial charge in [-0.05, 0) is 35.4 Å². The van der Waals surface area contributed by atoms with Gasteiger partial charge in [0.1, 0.15) is 42.9 Å². The van der Waals surface area contributed by atoms with Crippen molar-refractivity contribution in [3.8, 4) is 23.0 Å². The lowest BCUT2D eigenvalue weighted by Crippen LogP contribution is -2.56. The number of β-lactam (4-membered cyclic amide) rings is 2. The number of nitrogens with zero attached hydrogens (tertiary/aromatic N) is 4. The highest BCUT2D eigenvalue weighted by molar-refractivity contribution is 6.38. The molecular weight excluding hydrogens is 694 g/mol. The Morgan fingerprint density at radius 1 is 0.562 bits per heavy atom. The standard InChI is InChI=1S/C36H20Cl4N4O4/c37-25-30-34(48-24-16-20(12-14-22(24)42-30)44-32(28(40)36(44)46)18-9-5-2-6-10-18)26(38)29-33(25)47-23-15-19(11-13-21(23)41-29)43-31(27(39)35(43)45)17-7-3-1-4-8-17/h1-16,27-28,31-32H. The second-order valence-corrected chi connectivity index (χ2v) is 13.3. The van der Waals surface area contributed by atoms with Crippen molar-refractivity contribution < 1.29 is 19.1 Å². The summed E-state index contributed by atoms with van der Waals surface area (Å²) >= 11 is 26.7. The van der Waals surface area contributed by atoms with E-state index in [0.29, 0.717) is 34.2 Å². The second kappa shape index (κ2) is 11.0. The van der Waals surface area contributed by atoms with E-state index in [4.69, 9.17) is 65.9 Å². The first-order valence-electron chi connectivity index (χ1n) is 15.0. The molecule has 0 aliphatic carbocycles. The molecule has 0 bridgehead atoms. The number of hydrogen-bond donors (Lipinski definition) is 0. The summed E-state index contributed by atoms with van der Waals surface area (Å²) < 4.78 is 12.6. The first kappa shape index (κ1) is 29.5. The minimum Gasteiger partial charge on any atom is -0.451 e. The fourth-order valence-electron chi connectivity index (χ4n) is 6.54. The highest BCUT2D eigenvalue weighted by Gasteiger charge is 2.49. The van der Waals surface area contributed by atoms with Crippen LogP contribution in [0.3, 0.4) is 0 Å². The third-order valence-corrected chi connectivity index (χ3v) is 10.5. The molecule has 4 aliphatic heterocycles. The van der Waals surface area contributed by atoms with E-state index in [0.717, 1.165) is 11.1 Å². The van der Waals surface area contributed by atoms with Crippen LogP contribution in [-0.4, -0.2) is 22.6 Å². The molecule has 4 atom stereocenters. The quantitative estimate of drug-likeness (QED) is 0.135. The van der Waals surface area contributed by atoms with Crippen LogP contribution >= 0.6 is 46.4 Å². The molecule has 4 heterocycles. The van der Waals surface area contributed by atoms with Gasteiger partial charge in [-0.2, -0.15) is 0 Å². The molecule has 2 amide bonds. The van der Waals surface area contributed by atoms with Gasteiger partial charge in [-0.3, -0.25) is 9.59 Å². The molecule has 48 heavy (non-hydrogen) atoms. The van der Waals surface area contributed by atoms with E-state index >= 15 is 0 Å². The number of carbonyl (C=O) groups is 2. The molecule has 9 rings (SSSR count). The number of carbonyl (C=O) groups excluding carboxylic acids is 2. The Bertz CT molecular complexity index is 2180. The first-order chi connectivity index (χ1) is 23.3. The van der Waals surface area contributed by atoms with Crippen LogP contribution in [0.2, 0.25) is 10.0 Å². The highest BCUT2D eigenvalue weighted by Crippen LogP contribution is 2.49. The van der Waals surface area contributed by atoms with E-state index < -0.39 is 10.8 Å². The number of rotatable bonds is 4. The Labute approximate surface area is 293 Å². The topological polar surface area (TPSA) is 83.8 Å². The van der Waals surface area contributed by atoms with Crippen LogP contribution in [0, 0.1) is 0 Å². The van der Waals surface area contributed by atoms with Gasteiger partial charge in [-0.25, -0.2) is 9.98 Å². The Hall–Kier alpha value is -4.60. The van der Waals surface area contributed by atoms with Crippen LogP contribution in [0.25, 0.3) is 0 Å². The zero-order valence-corrected chi connectivity index (χ0v) is 27.5. The number of benzene rings is 5. The Kier molecular flexibility index (Phi) is 6.75. The zero-order valence-electron chi connectivity index (χ0n) is 24.5. The third kappa shape index (κ3) is 4.30. The predicted molar refractivity (Wildman–Crippen MR) is 184 cm³/mol. The molecule has 0 N–H and O–H groups in total. The Morgan fingerprint density at radius 3 is 1.35 bits per heavy atom. The van der Waals surface area contributed by atoms with Crippen LogP contribution in [0.15, 0.2) is 107 Å². The predicted octanol–water partition coefficient (Wildman–Crippen LogP) is 8.50. The monoisotopic (exact) mass is 712 g/mol. The molecule has 0 spiro atoms. The normalized spacial score (nSPS) is 21.6. The lowest BCUT2D eigenvalue weighted by molar-refractivity contribution is -0.124. The Morgan fingerprint density at radius 2 is 0.958 bits per heavy atom. The second-order valence-electron chi connectivity index (χ2n) is 11.6. The molecule has 5 aromatic carbocycles. The number of hydrogen-bond acceptors (Lipinski definition) is 6. The van der Waals surface area contributed by atoms with Crippen molar-refractivity contribution >= 4 is 81.0 Å². The number of amides is 2. The molecular formula is C36H20Cl4N4O4. The van der Waals surface area contributed by atoms with Crippen LogP contribution < -0.4 is 30.0 Å². The maximum Gasteiger partial charge on any atom is 0.248 e. The maximum absolute atomic E-state index is 12.9. The van der Waals surface area contributed by atoms with E-state index in [1.807, 2.05) is 60.7 Å². The maximum atomic E-state index is 12.9. The molecule has 2 saturated heterocycles. The van der Waals surface area contributed by atoms with Crippen molar-refractivity contribution in [3.05, 3.63) is 129 Å². The van der Waals surface area contributed by atoms with E-state index in [2.05, 4.69) is 0 Å². The lowest BCUT2D eigenvalue weighted by Gasteiger charge is -2.44. The Balaban J connectivity index is 1.07. The van der Waals surface area contributed by atoms with Gasteiger partial charge in [0.15, 0.2) is 23.0 Å². The molecule has 12 heteroatoms. The molecule has 5 aromatic rings. The van der Waals surface area contributed by atoms with Crippen molar-refractivity contribution in [2.24, 2.45) is 9.98 Å². The highest BCUT2D eigenvalue weighted by atomic mass is 35.5. The van der Waals surface area contributed by atoms with E-state index in [1.54, 1.807) is 46.2 Å². The molecule has 0 saturated carbocycles. The van der Waals surface area contributed by atoms with Crippen molar-refractivity contribution in [2.45, 2.75) is 22.8 Å². The van der Waals surface area contributed by atoms with E-state index in [1.165, 1.54) is 0 Å². The molecule has 0 radical (unpaired) electrons. The summed E-state index contributed by atoms with van der Waals surface area (Å²) in [7, 11) is 0. The van der Waals surface area contributed by atoms with Gasteiger partial charge >= 0.3 is 0 Å². The van der Waals surface area contributed by atoms with Gasteiger partial charge in [0.25, 0.3) is 0 Å². The summed E-state index contributed by atoms with van der Waals surface area (Å²) in [6.45, 7) is 0. The van der Waals surface area contributed by atoms with Crippen LogP contribution in [0.4, 0.5) is 22.7 Å². The fourth-order valence-corrected chi connectivity index (χ4v) is 7.78. The van der Waals surface area contributed by atoms with Crippen LogP contribution in [0.1, 0.15) is 23.2 Å². The number of anilines is 2. The molecule has 4 unspecified atom stereocenters. The van der Waals surface area contributed by atoms with Gasteiger partial charge in [0.2, 0.25) is 11.8 Å². The van der Waals surface area contributed by atoms with Gasteiger partial charge in [-0.15, -0.1) is 23.2 Å². The summed E-state index contributed by atoms with van der Waals surface area (Å²) in [6, 6.07) is 29.1. The van der Waals surface area contributed by atoms with Crippen molar-refractivity contribution in [1.82, 2.24) is 0 Å².